The van der Waals surface area contributed by atoms with Gasteiger partial charge in [-0.05, 0) is 19.3 Å². The average Bonchev–Trinajstić information content (AvgIpc) is 2.76. The number of nitrogens with zero attached hydrogens (tertiary/aromatic N) is 2. The first kappa shape index (κ1) is 13.5. The topological polar surface area (TPSA) is 60.9 Å². The van der Waals surface area contributed by atoms with E-state index in [9.17, 15) is 9.59 Å². The molecule has 0 spiro atoms. The van der Waals surface area contributed by atoms with Crippen molar-refractivity contribution in [1.29, 1.82) is 0 Å². The summed E-state index contributed by atoms with van der Waals surface area (Å²) >= 11 is 0. The highest BCUT2D eigenvalue weighted by atomic mass is 16.4. The maximum absolute atomic E-state index is 12.2. The lowest BCUT2D eigenvalue weighted by molar-refractivity contribution is -0.141. The van der Waals surface area contributed by atoms with E-state index >= 15 is 0 Å². The van der Waals surface area contributed by atoms with Gasteiger partial charge in [-0.25, -0.2) is 9.59 Å². The minimum atomic E-state index is -0.911. The molecule has 0 saturated carbocycles. The molecule has 1 N–H and O–H groups in total. The molecule has 1 aliphatic rings. The maximum atomic E-state index is 12.2. The van der Waals surface area contributed by atoms with E-state index in [2.05, 4.69) is 6.58 Å². The number of amides is 2. The van der Waals surface area contributed by atoms with Gasteiger partial charge in [0.05, 0.1) is 0 Å². The van der Waals surface area contributed by atoms with Crippen molar-refractivity contribution in [3.8, 4) is 0 Å². The Morgan fingerprint density at radius 1 is 1.59 bits per heavy atom. The molecule has 1 saturated heterocycles. The number of hydrogen-bond donors (Lipinski definition) is 1. The number of urea groups is 1. The number of hydrogen-bond acceptors (Lipinski definition) is 2. The molecule has 96 valence electrons. The summed E-state index contributed by atoms with van der Waals surface area (Å²) in [4.78, 5) is 26.3. The Kier molecular flexibility index (Phi) is 5.00. The summed E-state index contributed by atoms with van der Waals surface area (Å²) in [5.74, 6) is -0.911. The first-order chi connectivity index (χ1) is 8.11. The third-order valence-electron chi connectivity index (χ3n) is 2.90. The second-order valence-corrected chi connectivity index (χ2v) is 4.21. The van der Waals surface area contributed by atoms with Gasteiger partial charge in [-0.15, -0.1) is 6.58 Å². The number of carbonyl (C=O) groups is 2. The smallest absolute Gasteiger partial charge is 0.326 e. The lowest BCUT2D eigenvalue weighted by atomic mass is 10.2. The van der Waals surface area contributed by atoms with Crippen LogP contribution in [0.4, 0.5) is 4.79 Å². The van der Waals surface area contributed by atoms with Gasteiger partial charge >= 0.3 is 12.0 Å². The van der Waals surface area contributed by atoms with Crippen molar-refractivity contribution in [2.45, 2.75) is 32.2 Å². The van der Waals surface area contributed by atoms with E-state index in [-0.39, 0.29) is 6.03 Å². The van der Waals surface area contributed by atoms with Crippen LogP contribution in [0.25, 0.3) is 0 Å². The molecule has 1 heterocycles. The highest BCUT2D eigenvalue weighted by molar-refractivity contribution is 5.83. The molecule has 5 nitrogen and oxygen atoms in total. The highest BCUT2D eigenvalue weighted by Gasteiger charge is 2.35. The van der Waals surface area contributed by atoms with E-state index in [1.807, 2.05) is 6.92 Å². The van der Waals surface area contributed by atoms with Crippen molar-refractivity contribution in [3.63, 3.8) is 0 Å². The third-order valence-corrected chi connectivity index (χ3v) is 2.90. The third kappa shape index (κ3) is 3.22. The fraction of sp³-hybridized carbons (Fsp3) is 0.667. The summed E-state index contributed by atoms with van der Waals surface area (Å²) in [7, 11) is 0. The molecule has 1 fully saturated rings. The van der Waals surface area contributed by atoms with Crippen LogP contribution in [0.15, 0.2) is 12.7 Å². The summed E-state index contributed by atoms with van der Waals surface area (Å²) in [6.07, 6.45) is 3.83. The van der Waals surface area contributed by atoms with Gasteiger partial charge < -0.3 is 14.9 Å². The Morgan fingerprint density at radius 3 is 2.82 bits per heavy atom. The molecule has 1 atom stereocenters. The van der Waals surface area contributed by atoms with Crippen LogP contribution in [-0.4, -0.2) is 52.6 Å². The first-order valence-corrected chi connectivity index (χ1v) is 6.01. The predicted molar refractivity (Wildman–Crippen MR) is 64.8 cm³/mol. The molecule has 17 heavy (non-hydrogen) atoms. The van der Waals surface area contributed by atoms with Crippen LogP contribution in [0.1, 0.15) is 26.2 Å². The van der Waals surface area contributed by atoms with Crippen LogP contribution in [0, 0.1) is 0 Å². The average molecular weight is 240 g/mol. The van der Waals surface area contributed by atoms with Crippen LogP contribution in [0.5, 0.6) is 0 Å². The van der Waals surface area contributed by atoms with Gasteiger partial charge in [0.15, 0.2) is 0 Å². The van der Waals surface area contributed by atoms with Crippen LogP contribution in [0.3, 0.4) is 0 Å². The molecule has 0 aromatic heterocycles. The molecular formula is C12H20N2O3. The summed E-state index contributed by atoms with van der Waals surface area (Å²) < 4.78 is 0. The van der Waals surface area contributed by atoms with Crippen molar-refractivity contribution in [3.05, 3.63) is 12.7 Å². The number of rotatable bonds is 5. The van der Waals surface area contributed by atoms with Gasteiger partial charge in [0.1, 0.15) is 6.04 Å². The fourth-order valence-electron chi connectivity index (χ4n) is 2.12. The molecule has 0 bridgehead atoms. The largest absolute Gasteiger partial charge is 0.480 e. The number of carboxylic acid groups (broad SMARTS) is 1. The van der Waals surface area contributed by atoms with Crippen LogP contribution < -0.4 is 0 Å². The molecule has 5 heteroatoms. The molecule has 0 aromatic carbocycles. The van der Waals surface area contributed by atoms with E-state index in [0.29, 0.717) is 26.1 Å². The van der Waals surface area contributed by atoms with Gasteiger partial charge in [0.2, 0.25) is 0 Å². The lowest BCUT2D eigenvalue weighted by Gasteiger charge is -2.29. The van der Waals surface area contributed by atoms with Crippen molar-refractivity contribution in [2.75, 3.05) is 19.6 Å². The van der Waals surface area contributed by atoms with Crippen molar-refractivity contribution in [1.82, 2.24) is 9.80 Å². The van der Waals surface area contributed by atoms with E-state index in [4.69, 9.17) is 5.11 Å². The Morgan fingerprint density at radius 2 is 2.29 bits per heavy atom. The lowest BCUT2D eigenvalue weighted by Crippen LogP contribution is -2.48. The molecule has 0 aromatic rings. The number of carbonyl (C=O) groups excluding carboxylic acids is 1. The normalized spacial score (nSPS) is 19.1. The summed E-state index contributed by atoms with van der Waals surface area (Å²) in [5.41, 5.74) is 0. The molecule has 1 rings (SSSR count). The Balaban J connectivity index is 2.71. The van der Waals surface area contributed by atoms with E-state index in [1.165, 1.54) is 4.90 Å². The van der Waals surface area contributed by atoms with Gasteiger partial charge in [0.25, 0.3) is 0 Å². The quantitative estimate of drug-likeness (QED) is 0.742. The van der Waals surface area contributed by atoms with Gasteiger partial charge in [0, 0.05) is 19.6 Å². The second kappa shape index (κ2) is 6.27. The fourth-order valence-corrected chi connectivity index (χ4v) is 2.12. The zero-order valence-electron chi connectivity index (χ0n) is 10.3. The number of carboxylic acids is 1. The minimum absolute atomic E-state index is 0.184. The van der Waals surface area contributed by atoms with E-state index in [0.717, 1.165) is 12.8 Å². The molecular weight excluding hydrogens is 220 g/mol. The monoisotopic (exact) mass is 240 g/mol. The Bertz CT molecular complexity index is 304. The Labute approximate surface area is 102 Å². The van der Waals surface area contributed by atoms with Crippen LogP contribution in [0.2, 0.25) is 0 Å². The molecule has 0 aliphatic carbocycles. The number of likely N-dealkylation sites (tertiary alicyclic amines) is 1. The molecule has 1 unspecified atom stereocenters. The molecule has 0 radical (unpaired) electrons. The van der Waals surface area contributed by atoms with Crippen molar-refractivity contribution in [2.24, 2.45) is 0 Å². The standard InChI is InChI=1S/C12H20N2O3/c1-3-7-13(8-4-2)12(17)14-9-5-6-10(14)11(15)16/h3,10H,1,4-9H2,2H3,(H,15,16). The van der Waals surface area contributed by atoms with Gasteiger partial charge in [-0.2, -0.15) is 0 Å². The highest BCUT2D eigenvalue weighted by Crippen LogP contribution is 2.19. The first-order valence-electron chi connectivity index (χ1n) is 6.01. The SMILES string of the molecule is C=CCN(CCC)C(=O)N1CCCC1C(=O)O. The van der Waals surface area contributed by atoms with Crippen molar-refractivity contribution < 1.29 is 14.7 Å². The van der Waals surface area contributed by atoms with Crippen LogP contribution in [-0.2, 0) is 4.79 Å². The van der Waals surface area contributed by atoms with Gasteiger partial charge in [-0.1, -0.05) is 13.0 Å². The molecule has 1 aliphatic heterocycles. The number of aliphatic carboxylic acids is 1. The Hall–Kier alpha value is -1.52. The summed E-state index contributed by atoms with van der Waals surface area (Å²) in [6.45, 7) is 7.24. The van der Waals surface area contributed by atoms with Crippen molar-refractivity contribution >= 4 is 12.0 Å². The van der Waals surface area contributed by atoms with E-state index < -0.39 is 12.0 Å². The predicted octanol–water partition coefficient (Wildman–Crippen LogP) is 1.55. The van der Waals surface area contributed by atoms with Crippen LogP contribution >= 0.6 is 0 Å². The zero-order chi connectivity index (χ0) is 12.8. The summed E-state index contributed by atoms with van der Waals surface area (Å²) in [5, 5.41) is 9.04. The second-order valence-electron chi connectivity index (χ2n) is 4.21. The minimum Gasteiger partial charge on any atom is -0.480 e. The molecule has 2 amide bonds. The maximum Gasteiger partial charge on any atom is 0.326 e. The van der Waals surface area contributed by atoms with E-state index in [1.54, 1.807) is 11.0 Å². The van der Waals surface area contributed by atoms with Gasteiger partial charge in [-0.3, -0.25) is 0 Å². The zero-order valence-corrected chi connectivity index (χ0v) is 10.3. The summed E-state index contributed by atoms with van der Waals surface area (Å²) in [6, 6.07) is -0.844.